The van der Waals surface area contributed by atoms with Crippen molar-refractivity contribution in [3.8, 4) is 0 Å². The molecule has 2 N–H and O–H groups in total. The minimum atomic E-state index is -0.521. The third-order valence-corrected chi connectivity index (χ3v) is 3.29. The summed E-state index contributed by atoms with van der Waals surface area (Å²) in [6.45, 7) is 0. The predicted molar refractivity (Wildman–Crippen MR) is 94.6 cm³/mol. The van der Waals surface area contributed by atoms with Gasteiger partial charge in [0.1, 0.15) is 0 Å². The maximum Gasteiger partial charge on any atom is 0.321 e. The Morgan fingerprint density at radius 3 is 2.32 bits per heavy atom. The second kappa shape index (κ2) is 7.91. The summed E-state index contributed by atoms with van der Waals surface area (Å²) in [5, 5.41) is 16.1. The van der Waals surface area contributed by atoms with E-state index in [9.17, 15) is 19.7 Å². The third kappa shape index (κ3) is 5.31. The van der Waals surface area contributed by atoms with Gasteiger partial charge in [0, 0.05) is 37.6 Å². The van der Waals surface area contributed by atoms with Crippen LogP contribution < -0.4 is 10.6 Å². The van der Waals surface area contributed by atoms with E-state index in [0.717, 1.165) is 0 Å². The number of urea groups is 1. The molecule has 0 saturated carbocycles. The van der Waals surface area contributed by atoms with Crippen molar-refractivity contribution in [3.63, 3.8) is 0 Å². The lowest BCUT2D eigenvalue weighted by Crippen LogP contribution is -2.27. The maximum absolute atomic E-state index is 12.1. The van der Waals surface area contributed by atoms with Gasteiger partial charge in [-0.15, -0.1) is 0 Å². The van der Waals surface area contributed by atoms with Gasteiger partial charge >= 0.3 is 6.03 Å². The zero-order chi connectivity index (χ0) is 18.4. The normalized spacial score (nSPS) is 10.0. The number of hydrogen-bond acceptors (Lipinski definition) is 4. The van der Waals surface area contributed by atoms with E-state index in [1.807, 2.05) is 0 Å². The predicted octanol–water partition coefficient (Wildman–Crippen LogP) is 2.87. The van der Waals surface area contributed by atoms with Crippen molar-refractivity contribution < 1.29 is 14.5 Å². The lowest BCUT2D eigenvalue weighted by molar-refractivity contribution is -0.384. The Bertz CT molecular complexity index is 805. The molecule has 130 valence electrons. The van der Waals surface area contributed by atoms with Crippen LogP contribution in [0.2, 0.25) is 0 Å². The number of nitro benzene ring substituents is 1. The standard InChI is InChI=1S/C17H18N4O4/c1-20(2)17(23)19-13-6-3-5-12(9-13)10-16(22)18-14-7-4-8-15(11-14)21(24)25/h3-9,11H,10H2,1-2H3,(H,18,22)(H,19,23). The molecule has 0 spiro atoms. The molecule has 0 heterocycles. The molecule has 0 aliphatic rings. The van der Waals surface area contributed by atoms with Crippen LogP contribution in [0.5, 0.6) is 0 Å². The zero-order valence-corrected chi connectivity index (χ0v) is 13.9. The molecular formula is C17H18N4O4. The molecular weight excluding hydrogens is 324 g/mol. The van der Waals surface area contributed by atoms with Gasteiger partial charge < -0.3 is 15.5 Å². The first-order chi connectivity index (χ1) is 11.8. The Labute approximate surface area is 144 Å². The SMILES string of the molecule is CN(C)C(=O)Nc1cccc(CC(=O)Nc2cccc([N+](=O)[O-])c2)c1. The van der Waals surface area contributed by atoms with E-state index < -0.39 is 4.92 Å². The summed E-state index contributed by atoms with van der Waals surface area (Å²) in [5.41, 5.74) is 1.56. The number of benzene rings is 2. The lowest BCUT2D eigenvalue weighted by Gasteiger charge is -2.12. The highest BCUT2D eigenvalue weighted by atomic mass is 16.6. The molecule has 8 heteroatoms. The van der Waals surface area contributed by atoms with E-state index >= 15 is 0 Å². The molecule has 0 radical (unpaired) electrons. The summed E-state index contributed by atoms with van der Waals surface area (Å²) >= 11 is 0. The lowest BCUT2D eigenvalue weighted by atomic mass is 10.1. The van der Waals surface area contributed by atoms with Crippen LogP contribution in [0.15, 0.2) is 48.5 Å². The van der Waals surface area contributed by atoms with Gasteiger partial charge in [-0.25, -0.2) is 4.79 Å². The van der Waals surface area contributed by atoms with Crippen LogP contribution in [-0.2, 0) is 11.2 Å². The Balaban J connectivity index is 2.02. The smallest absolute Gasteiger partial charge is 0.321 e. The molecule has 3 amide bonds. The Morgan fingerprint density at radius 1 is 1.04 bits per heavy atom. The van der Waals surface area contributed by atoms with Gasteiger partial charge in [-0.1, -0.05) is 18.2 Å². The zero-order valence-electron chi connectivity index (χ0n) is 13.9. The minimum Gasteiger partial charge on any atom is -0.331 e. The molecule has 0 fully saturated rings. The van der Waals surface area contributed by atoms with Crippen LogP contribution in [0, 0.1) is 10.1 Å². The molecule has 0 bridgehead atoms. The number of non-ortho nitro benzene ring substituents is 1. The van der Waals surface area contributed by atoms with Gasteiger partial charge in [-0.05, 0) is 23.8 Å². The molecule has 0 saturated heterocycles. The highest BCUT2D eigenvalue weighted by molar-refractivity contribution is 5.93. The van der Waals surface area contributed by atoms with Gasteiger partial charge in [-0.2, -0.15) is 0 Å². The number of hydrogen-bond donors (Lipinski definition) is 2. The van der Waals surface area contributed by atoms with E-state index in [-0.39, 0.29) is 24.0 Å². The molecule has 0 aliphatic heterocycles. The van der Waals surface area contributed by atoms with Crippen LogP contribution in [-0.4, -0.2) is 35.9 Å². The maximum atomic E-state index is 12.1. The van der Waals surface area contributed by atoms with Crippen molar-refractivity contribution in [2.24, 2.45) is 0 Å². The number of nitro groups is 1. The minimum absolute atomic E-state index is 0.0777. The summed E-state index contributed by atoms with van der Waals surface area (Å²) in [6, 6.07) is 12.4. The largest absolute Gasteiger partial charge is 0.331 e. The summed E-state index contributed by atoms with van der Waals surface area (Å²) < 4.78 is 0. The molecule has 8 nitrogen and oxygen atoms in total. The Kier molecular flexibility index (Phi) is 5.67. The van der Waals surface area contributed by atoms with Crippen molar-refractivity contribution in [2.75, 3.05) is 24.7 Å². The third-order valence-electron chi connectivity index (χ3n) is 3.29. The van der Waals surface area contributed by atoms with Crippen LogP contribution in [0.3, 0.4) is 0 Å². The first-order valence-electron chi connectivity index (χ1n) is 7.46. The van der Waals surface area contributed by atoms with Crippen LogP contribution in [0.1, 0.15) is 5.56 Å². The molecule has 2 rings (SSSR count). The molecule has 2 aromatic rings. The van der Waals surface area contributed by atoms with E-state index in [0.29, 0.717) is 16.9 Å². The topological polar surface area (TPSA) is 105 Å². The highest BCUT2D eigenvalue weighted by Crippen LogP contribution is 2.18. The summed E-state index contributed by atoms with van der Waals surface area (Å²) in [4.78, 5) is 35.4. The summed E-state index contributed by atoms with van der Waals surface area (Å²) in [5.74, 6) is -0.309. The summed E-state index contributed by atoms with van der Waals surface area (Å²) in [6.07, 6.45) is 0.0777. The number of carbonyl (C=O) groups is 2. The number of nitrogens with zero attached hydrogens (tertiary/aromatic N) is 2. The monoisotopic (exact) mass is 342 g/mol. The van der Waals surface area contributed by atoms with E-state index in [2.05, 4.69) is 10.6 Å². The average molecular weight is 342 g/mol. The number of rotatable bonds is 5. The van der Waals surface area contributed by atoms with Crippen molar-refractivity contribution in [1.29, 1.82) is 0 Å². The van der Waals surface area contributed by atoms with Gasteiger partial charge in [-0.3, -0.25) is 14.9 Å². The van der Waals surface area contributed by atoms with E-state index in [1.165, 1.54) is 23.1 Å². The molecule has 0 unspecified atom stereocenters. The average Bonchev–Trinajstić information content (AvgIpc) is 2.55. The second-order valence-electron chi connectivity index (χ2n) is 5.56. The second-order valence-corrected chi connectivity index (χ2v) is 5.56. The molecule has 0 atom stereocenters. The molecule has 0 aromatic heterocycles. The Morgan fingerprint density at radius 2 is 1.68 bits per heavy atom. The number of amides is 3. The molecule has 2 aromatic carbocycles. The van der Waals surface area contributed by atoms with Crippen molar-refractivity contribution >= 4 is 29.0 Å². The first-order valence-corrected chi connectivity index (χ1v) is 7.46. The van der Waals surface area contributed by atoms with Crippen molar-refractivity contribution in [2.45, 2.75) is 6.42 Å². The fraction of sp³-hybridized carbons (Fsp3) is 0.176. The van der Waals surface area contributed by atoms with Crippen LogP contribution in [0.25, 0.3) is 0 Å². The quantitative estimate of drug-likeness (QED) is 0.644. The summed E-state index contributed by atoms with van der Waals surface area (Å²) in [7, 11) is 3.26. The number of anilines is 2. The number of carbonyl (C=O) groups excluding carboxylic acids is 2. The fourth-order valence-electron chi connectivity index (χ4n) is 2.08. The Hall–Kier alpha value is -3.42. The van der Waals surface area contributed by atoms with Gasteiger partial charge in [0.05, 0.1) is 11.3 Å². The number of nitrogens with one attached hydrogen (secondary N) is 2. The fourth-order valence-corrected chi connectivity index (χ4v) is 2.08. The van der Waals surface area contributed by atoms with E-state index in [1.54, 1.807) is 44.4 Å². The van der Waals surface area contributed by atoms with Crippen LogP contribution >= 0.6 is 0 Å². The van der Waals surface area contributed by atoms with E-state index in [4.69, 9.17) is 0 Å². The molecule has 0 aliphatic carbocycles. The highest BCUT2D eigenvalue weighted by Gasteiger charge is 2.10. The van der Waals surface area contributed by atoms with Crippen molar-refractivity contribution in [3.05, 3.63) is 64.2 Å². The van der Waals surface area contributed by atoms with Gasteiger partial charge in [0.25, 0.3) is 5.69 Å². The first kappa shape index (κ1) is 17.9. The van der Waals surface area contributed by atoms with Crippen LogP contribution in [0.4, 0.5) is 21.9 Å². The van der Waals surface area contributed by atoms with Gasteiger partial charge in [0.2, 0.25) is 5.91 Å². The van der Waals surface area contributed by atoms with Crippen molar-refractivity contribution in [1.82, 2.24) is 4.90 Å². The molecule has 25 heavy (non-hydrogen) atoms. The van der Waals surface area contributed by atoms with Gasteiger partial charge in [0.15, 0.2) is 0 Å².